The largest absolute Gasteiger partial charge is 0.371 e. The summed E-state index contributed by atoms with van der Waals surface area (Å²) in [6.45, 7) is 3.56. The molecule has 17 heavy (non-hydrogen) atoms. The van der Waals surface area contributed by atoms with Gasteiger partial charge in [-0.15, -0.1) is 0 Å². The Labute approximate surface area is 99.9 Å². The Bertz CT molecular complexity index is 410. The van der Waals surface area contributed by atoms with Crippen molar-refractivity contribution < 1.29 is 10.0 Å². The van der Waals surface area contributed by atoms with E-state index in [2.05, 4.69) is 5.32 Å². The smallest absolute Gasteiger partial charge is 0.235 e. The minimum Gasteiger partial charge on any atom is -0.371 e. The lowest BCUT2D eigenvalue weighted by Gasteiger charge is -2.24. The molecule has 0 aliphatic heterocycles. The van der Waals surface area contributed by atoms with E-state index in [1.165, 1.54) is 6.08 Å². The summed E-state index contributed by atoms with van der Waals surface area (Å²) >= 11 is 0. The molecule has 0 saturated heterocycles. The molecule has 1 unspecified atom stereocenters. The molecule has 1 aromatic carbocycles. The molecule has 0 heterocycles. The summed E-state index contributed by atoms with van der Waals surface area (Å²) in [5, 5.41) is 22.9. The molecule has 0 aliphatic rings. The summed E-state index contributed by atoms with van der Waals surface area (Å²) in [6, 6.07) is 7.02. The molecule has 0 fully saturated rings. The van der Waals surface area contributed by atoms with Crippen molar-refractivity contribution in [3.8, 4) is 0 Å². The van der Waals surface area contributed by atoms with Crippen molar-refractivity contribution in [1.82, 2.24) is 0 Å². The van der Waals surface area contributed by atoms with Crippen molar-refractivity contribution in [3.05, 3.63) is 46.1 Å². The molecule has 0 bridgehead atoms. The first-order valence-corrected chi connectivity index (χ1v) is 5.35. The molecule has 0 aromatic heterocycles. The molecule has 2 N–H and O–H groups in total. The number of anilines is 1. The van der Waals surface area contributed by atoms with Crippen LogP contribution in [0, 0.1) is 10.1 Å². The fourth-order valence-corrected chi connectivity index (χ4v) is 1.22. The van der Waals surface area contributed by atoms with Crippen LogP contribution in [0.5, 0.6) is 0 Å². The van der Waals surface area contributed by atoms with Crippen LogP contribution in [0.2, 0.25) is 0 Å². The molecule has 0 saturated carbocycles. The lowest BCUT2D eigenvalue weighted by atomic mass is 10.1. The van der Waals surface area contributed by atoms with Crippen LogP contribution < -0.4 is 5.32 Å². The molecular formula is C12H16N2O3. The van der Waals surface area contributed by atoms with E-state index in [1.807, 2.05) is 6.92 Å². The fraction of sp³-hybridized carbons (Fsp3) is 0.333. The maximum atomic E-state index is 10.1. The summed E-state index contributed by atoms with van der Waals surface area (Å²) in [6.07, 6.45) is 2.89. The Morgan fingerprint density at radius 3 is 2.53 bits per heavy atom. The van der Waals surface area contributed by atoms with Gasteiger partial charge in [0.15, 0.2) is 0 Å². The number of nitro groups is 1. The molecule has 92 valence electrons. The SMILES string of the molecule is CCC(C)(O)Nc1ccc(C=C[N+](=O)[O-])cc1. The fourth-order valence-electron chi connectivity index (χ4n) is 1.22. The lowest BCUT2D eigenvalue weighted by Crippen LogP contribution is -2.33. The van der Waals surface area contributed by atoms with Crippen LogP contribution >= 0.6 is 0 Å². The Kier molecular flexibility index (Phi) is 4.23. The summed E-state index contributed by atoms with van der Waals surface area (Å²) in [5.74, 6) is 0. The van der Waals surface area contributed by atoms with Gasteiger partial charge in [-0.05, 0) is 31.0 Å². The number of hydrogen-bond donors (Lipinski definition) is 2. The van der Waals surface area contributed by atoms with E-state index in [1.54, 1.807) is 31.2 Å². The first-order valence-electron chi connectivity index (χ1n) is 5.35. The van der Waals surface area contributed by atoms with Crippen molar-refractivity contribution >= 4 is 11.8 Å². The summed E-state index contributed by atoms with van der Waals surface area (Å²) in [7, 11) is 0. The van der Waals surface area contributed by atoms with Gasteiger partial charge in [0.25, 0.3) is 0 Å². The summed E-state index contributed by atoms with van der Waals surface area (Å²) in [4.78, 5) is 9.63. The second-order valence-electron chi connectivity index (χ2n) is 3.98. The van der Waals surface area contributed by atoms with Crippen molar-refractivity contribution in [2.75, 3.05) is 5.32 Å². The molecule has 1 aromatic rings. The maximum absolute atomic E-state index is 10.1. The average Bonchev–Trinajstić information content (AvgIpc) is 2.28. The Morgan fingerprint density at radius 1 is 1.47 bits per heavy atom. The number of rotatable bonds is 5. The standard InChI is InChI=1S/C12H16N2O3/c1-3-12(2,15)13-11-6-4-10(5-7-11)8-9-14(16)17/h4-9,13,15H,3H2,1-2H3. The predicted molar refractivity (Wildman–Crippen MR) is 67.0 cm³/mol. The van der Waals surface area contributed by atoms with Crippen LogP contribution in [0.4, 0.5) is 5.69 Å². The predicted octanol–water partition coefficient (Wildman–Crippen LogP) is 2.46. The molecule has 0 aliphatic carbocycles. The molecule has 1 atom stereocenters. The van der Waals surface area contributed by atoms with Gasteiger partial charge in [-0.2, -0.15) is 0 Å². The third-order valence-electron chi connectivity index (χ3n) is 2.40. The van der Waals surface area contributed by atoms with Crippen LogP contribution in [0.1, 0.15) is 25.8 Å². The number of hydrogen-bond acceptors (Lipinski definition) is 4. The highest BCUT2D eigenvalue weighted by atomic mass is 16.6. The van der Waals surface area contributed by atoms with Gasteiger partial charge in [-0.1, -0.05) is 19.1 Å². The van der Waals surface area contributed by atoms with Crippen LogP contribution in [0.15, 0.2) is 30.5 Å². The third kappa shape index (κ3) is 4.65. The van der Waals surface area contributed by atoms with Crippen molar-refractivity contribution in [2.24, 2.45) is 0 Å². The van der Waals surface area contributed by atoms with Crippen molar-refractivity contribution in [1.29, 1.82) is 0 Å². The van der Waals surface area contributed by atoms with E-state index in [4.69, 9.17) is 0 Å². The second kappa shape index (κ2) is 5.45. The normalized spacial score (nSPS) is 14.5. The maximum Gasteiger partial charge on any atom is 0.235 e. The van der Waals surface area contributed by atoms with Gasteiger partial charge in [0.05, 0.1) is 4.92 Å². The Morgan fingerprint density at radius 2 is 2.06 bits per heavy atom. The molecule has 5 heteroatoms. The zero-order valence-electron chi connectivity index (χ0n) is 9.88. The molecule has 5 nitrogen and oxygen atoms in total. The summed E-state index contributed by atoms with van der Waals surface area (Å²) < 4.78 is 0. The van der Waals surface area contributed by atoms with Crippen LogP contribution in [0.3, 0.4) is 0 Å². The van der Waals surface area contributed by atoms with E-state index >= 15 is 0 Å². The van der Waals surface area contributed by atoms with Gasteiger partial charge in [0.1, 0.15) is 5.72 Å². The van der Waals surface area contributed by atoms with Crippen molar-refractivity contribution in [2.45, 2.75) is 26.0 Å². The van der Waals surface area contributed by atoms with E-state index in [0.717, 1.165) is 17.5 Å². The highest BCUT2D eigenvalue weighted by Gasteiger charge is 2.15. The second-order valence-corrected chi connectivity index (χ2v) is 3.98. The number of nitrogens with one attached hydrogen (secondary N) is 1. The van der Waals surface area contributed by atoms with Crippen molar-refractivity contribution in [3.63, 3.8) is 0 Å². The Balaban J connectivity index is 2.71. The topological polar surface area (TPSA) is 75.4 Å². The van der Waals surface area contributed by atoms with Gasteiger partial charge in [0.2, 0.25) is 6.20 Å². The minimum atomic E-state index is -0.946. The quantitative estimate of drug-likeness (QED) is 0.468. The van der Waals surface area contributed by atoms with E-state index < -0.39 is 10.6 Å². The molecule has 0 radical (unpaired) electrons. The first-order chi connectivity index (χ1) is 7.93. The van der Waals surface area contributed by atoms with E-state index in [9.17, 15) is 15.2 Å². The highest BCUT2D eigenvalue weighted by molar-refractivity contribution is 5.54. The third-order valence-corrected chi connectivity index (χ3v) is 2.40. The zero-order chi connectivity index (χ0) is 12.9. The van der Waals surface area contributed by atoms with Crippen LogP contribution in [-0.2, 0) is 0 Å². The summed E-state index contributed by atoms with van der Waals surface area (Å²) in [5.41, 5.74) is 0.566. The van der Waals surface area contributed by atoms with E-state index in [-0.39, 0.29) is 0 Å². The molecule has 1 rings (SSSR count). The highest BCUT2D eigenvalue weighted by Crippen LogP contribution is 2.17. The molecule has 0 spiro atoms. The van der Waals surface area contributed by atoms with Gasteiger partial charge < -0.3 is 10.4 Å². The Hall–Kier alpha value is -1.88. The molecular weight excluding hydrogens is 220 g/mol. The monoisotopic (exact) mass is 236 g/mol. The minimum absolute atomic E-state index is 0.506. The van der Waals surface area contributed by atoms with Gasteiger partial charge in [-0.25, -0.2) is 0 Å². The van der Waals surface area contributed by atoms with Crippen LogP contribution in [0.25, 0.3) is 6.08 Å². The zero-order valence-corrected chi connectivity index (χ0v) is 9.88. The van der Waals surface area contributed by atoms with Gasteiger partial charge in [0, 0.05) is 11.8 Å². The van der Waals surface area contributed by atoms with Gasteiger partial charge in [-0.3, -0.25) is 10.1 Å². The molecule has 0 amide bonds. The number of nitrogens with zero attached hydrogens (tertiary/aromatic N) is 1. The van der Waals surface area contributed by atoms with Gasteiger partial charge >= 0.3 is 0 Å². The number of aliphatic hydroxyl groups is 1. The number of benzene rings is 1. The average molecular weight is 236 g/mol. The lowest BCUT2D eigenvalue weighted by molar-refractivity contribution is -0.400. The van der Waals surface area contributed by atoms with Crippen LogP contribution in [-0.4, -0.2) is 15.8 Å². The van der Waals surface area contributed by atoms with E-state index in [0.29, 0.717) is 6.42 Å². The first kappa shape index (κ1) is 13.2.